The van der Waals surface area contributed by atoms with Crippen LogP contribution in [0, 0.1) is 0 Å². The van der Waals surface area contributed by atoms with E-state index in [1.807, 2.05) is 55.5 Å². The standard InChI is InChI=1S/C18H17NO4/c1-2-19-16(20)11-22-18(21)17-12-7-3-5-9-14(12)23-15-10-6-4-8-13(15)17/h3-10,17H,2,11H2,1H3,(H,19,20). The van der Waals surface area contributed by atoms with Crippen LogP contribution < -0.4 is 10.1 Å². The lowest BCUT2D eigenvalue weighted by Gasteiger charge is -2.26. The summed E-state index contributed by atoms with van der Waals surface area (Å²) >= 11 is 0. The number of amides is 1. The second-order valence-corrected chi connectivity index (χ2v) is 5.17. The summed E-state index contributed by atoms with van der Waals surface area (Å²) in [5.41, 5.74) is 1.49. The molecule has 0 saturated heterocycles. The van der Waals surface area contributed by atoms with Crippen molar-refractivity contribution in [3.05, 3.63) is 59.7 Å². The van der Waals surface area contributed by atoms with E-state index in [1.165, 1.54) is 0 Å². The van der Waals surface area contributed by atoms with E-state index in [0.29, 0.717) is 18.0 Å². The summed E-state index contributed by atoms with van der Waals surface area (Å²) in [6.45, 7) is 2.03. The number of para-hydroxylation sites is 2. The van der Waals surface area contributed by atoms with Gasteiger partial charge in [0.05, 0.1) is 0 Å². The van der Waals surface area contributed by atoms with E-state index in [4.69, 9.17) is 9.47 Å². The molecule has 1 N–H and O–H groups in total. The third kappa shape index (κ3) is 3.04. The molecule has 2 aromatic rings. The SMILES string of the molecule is CCNC(=O)COC(=O)C1c2ccccc2Oc2ccccc21. The number of carbonyl (C=O) groups excluding carboxylic acids is 2. The Kier molecular flexibility index (Phi) is 4.28. The molecule has 0 fully saturated rings. The van der Waals surface area contributed by atoms with Crippen molar-refractivity contribution in [2.24, 2.45) is 0 Å². The second-order valence-electron chi connectivity index (χ2n) is 5.17. The largest absolute Gasteiger partial charge is 0.457 e. The number of rotatable bonds is 4. The van der Waals surface area contributed by atoms with E-state index in [1.54, 1.807) is 0 Å². The Morgan fingerprint density at radius 3 is 2.17 bits per heavy atom. The van der Waals surface area contributed by atoms with Crippen molar-refractivity contribution in [1.29, 1.82) is 0 Å². The lowest BCUT2D eigenvalue weighted by atomic mass is 9.88. The van der Waals surface area contributed by atoms with Crippen LogP contribution in [0.3, 0.4) is 0 Å². The number of nitrogens with one attached hydrogen (secondary N) is 1. The average Bonchev–Trinajstić information content (AvgIpc) is 2.57. The maximum atomic E-state index is 12.6. The molecule has 0 aromatic heterocycles. The van der Waals surface area contributed by atoms with Crippen LogP contribution >= 0.6 is 0 Å². The van der Waals surface area contributed by atoms with E-state index in [0.717, 1.165) is 11.1 Å². The molecule has 1 aliphatic rings. The van der Waals surface area contributed by atoms with Crippen molar-refractivity contribution in [3.63, 3.8) is 0 Å². The maximum absolute atomic E-state index is 12.6. The first-order valence-corrected chi connectivity index (χ1v) is 7.49. The van der Waals surface area contributed by atoms with E-state index < -0.39 is 11.9 Å². The highest BCUT2D eigenvalue weighted by Gasteiger charge is 2.33. The Labute approximate surface area is 134 Å². The van der Waals surface area contributed by atoms with E-state index >= 15 is 0 Å². The number of likely N-dealkylation sites (N-methyl/N-ethyl adjacent to an activating group) is 1. The Morgan fingerprint density at radius 1 is 1.04 bits per heavy atom. The van der Waals surface area contributed by atoms with Crippen LogP contribution in [-0.2, 0) is 14.3 Å². The number of carbonyl (C=O) groups is 2. The van der Waals surface area contributed by atoms with Gasteiger partial charge >= 0.3 is 5.97 Å². The van der Waals surface area contributed by atoms with Crippen LogP contribution in [0.4, 0.5) is 0 Å². The number of hydrogen-bond donors (Lipinski definition) is 1. The molecule has 1 aliphatic heterocycles. The molecular formula is C18H17NO4. The first kappa shape index (κ1) is 15.1. The molecule has 0 aliphatic carbocycles. The Bertz CT molecular complexity index is 696. The van der Waals surface area contributed by atoms with Crippen molar-refractivity contribution >= 4 is 11.9 Å². The van der Waals surface area contributed by atoms with Crippen molar-refractivity contribution < 1.29 is 19.1 Å². The fourth-order valence-corrected chi connectivity index (χ4v) is 2.63. The quantitative estimate of drug-likeness (QED) is 0.882. The molecule has 23 heavy (non-hydrogen) atoms. The molecule has 5 nitrogen and oxygen atoms in total. The lowest BCUT2D eigenvalue weighted by molar-refractivity contribution is -0.149. The van der Waals surface area contributed by atoms with E-state index in [9.17, 15) is 9.59 Å². The van der Waals surface area contributed by atoms with Gasteiger partial charge in [-0.2, -0.15) is 0 Å². The molecule has 118 valence electrons. The second kappa shape index (κ2) is 6.52. The highest BCUT2D eigenvalue weighted by atomic mass is 16.5. The smallest absolute Gasteiger partial charge is 0.318 e. The molecule has 0 radical (unpaired) electrons. The number of benzene rings is 2. The first-order valence-electron chi connectivity index (χ1n) is 7.49. The highest BCUT2D eigenvalue weighted by Crippen LogP contribution is 2.44. The third-order valence-corrected chi connectivity index (χ3v) is 3.64. The zero-order valence-electron chi connectivity index (χ0n) is 12.7. The van der Waals surface area contributed by atoms with Crippen molar-refractivity contribution in [2.45, 2.75) is 12.8 Å². The van der Waals surface area contributed by atoms with Gasteiger partial charge < -0.3 is 14.8 Å². The van der Waals surface area contributed by atoms with Gasteiger partial charge in [-0.1, -0.05) is 36.4 Å². The summed E-state index contributed by atoms with van der Waals surface area (Å²) in [5.74, 6) is -0.100. The minimum absolute atomic E-state index is 0.283. The van der Waals surface area contributed by atoms with Crippen LogP contribution in [0.2, 0.25) is 0 Å². The predicted octanol–water partition coefficient (Wildman–Crippen LogP) is 2.60. The predicted molar refractivity (Wildman–Crippen MR) is 84.4 cm³/mol. The summed E-state index contributed by atoms with van der Waals surface area (Å²) in [6, 6.07) is 14.7. The first-order chi connectivity index (χ1) is 11.2. The summed E-state index contributed by atoms with van der Waals surface area (Å²) in [6.07, 6.45) is 0. The van der Waals surface area contributed by atoms with Crippen LogP contribution in [0.15, 0.2) is 48.5 Å². The Balaban J connectivity index is 1.89. The van der Waals surface area contributed by atoms with Crippen LogP contribution in [-0.4, -0.2) is 25.0 Å². The monoisotopic (exact) mass is 311 g/mol. The molecule has 0 bridgehead atoms. The zero-order valence-corrected chi connectivity index (χ0v) is 12.7. The average molecular weight is 311 g/mol. The lowest BCUT2D eigenvalue weighted by Crippen LogP contribution is -2.30. The number of hydrogen-bond acceptors (Lipinski definition) is 4. The fraction of sp³-hybridized carbons (Fsp3) is 0.222. The number of fused-ring (bicyclic) bond motifs is 2. The van der Waals surface area contributed by atoms with E-state index in [-0.39, 0.29) is 12.5 Å². The molecule has 3 rings (SSSR count). The van der Waals surface area contributed by atoms with Gasteiger partial charge in [0.15, 0.2) is 6.61 Å². The number of esters is 1. The Morgan fingerprint density at radius 2 is 1.61 bits per heavy atom. The van der Waals surface area contributed by atoms with Crippen LogP contribution in [0.25, 0.3) is 0 Å². The van der Waals surface area contributed by atoms with Crippen molar-refractivity contribution in [1.82, 2.24) is 5.32 Å². The van der Waals surface area contributed by atoms with Gasteiger partial charge in [0, 0.05) is 17.7 Å². The van der Waals surface area contributed by atoms with Crippen LogP contribution in [0.5, 0.6) is 11.5 Å². The van der Waals surface area contributed by atoms with E-state index in [2.05, 4.69) is 5.32 Å². The highest BCUT2D eigenvalue weighted by molar-refractivity contribution is 5.87. The van der Waals surface area contributed by atoms with Gasteiger partial charge in [-0.15, -0.1) is 0 Å². The van der Waals surface area contributed by atoms with Crippen LogP contribution in [0.1, 0.15) is 24.0 Å². The molecule has 0 saturated carbocycles. The van der Waals surface area contributed by atoms with Gasteiger partial charge in [0.1, 0.15) is 17.4 Å². The summed E-state index contributed by atoms with van der Waals surface area (Å²) in [7, 11) is 0. The number of ether oxygens (including phenoxy) is 2. The molecule has 1 amide bonds. The summed E-state index contributed by atoms with van der Waals surface area (Å²) in [4.78, 5) is 24.1. The Hall–Kier alpha value is -2.82. The zero-order chi connectivity index (χ0) is 16.2. The molecule has 0 spiro atoms. The normalized spacial score (nSPS) is 12.6. The van der Waals surface area contributed by atoms with Gasteiger partial charge in [0.25, 0.3) is 5.91 Å². The molecule has 0 unspecified atom stereocenters. The van der Waals surface area contributed by atoms with Crippen molar-refractivity contribution in [2.75, 3.05) is 13.2 Å². The van der Waals surface area contributed by atoms with Gasteiger partial charge in [-0.05, 0) is 19.1 Å². The molecule has 2 aromatic carbocycles. The molecular weight excluding hydrogens is 294 g/mol. The molecule has 0 atom stereocenters. The topological polar surface area (TPSA) is 64.6 Å². The maximum Gasteiger partial charge on any atom is 0.318 e. The summed E-state index contributed by atoms with van der Waals surface area (Å²) < 4.78 is 11.0. The molecule has 5 heteroatoms. The summed E-state index contributed by atoms with van der Waals surface area (Å²) in [5, 5.41) is 2.60. The van der Waals surface area contributed by atoms with Gasteiger partial charge in [0.2, 0.25) is 0 Å². The fourth-order valence-electron chi connectivity index (χ4n) is 2.63. The van der Waals surface area contributed by atoms with Gasteiger partial charge in [-0.25, -0.2) is 0 Å². The van der Waals surface area contributed by atoms with Gasteiger partial charge in [-0.3, -0.25) is 9.59 Å². The van der Waals surface area contributed by atoms with Crippen molar-refractivity contribution in [3.8, 4) is 11.5 Å². The third-order valence-electron chi connectivity index (χ3n) is 3.64. The minimum atomic E-state index is -0.592. The minimum Gasteiger partial charge on any atom is -0.457 e. The molecule has 1 heterocycles.